The highest BCUT2D eigenvalue weighted by Crippen LogP contribution is 2.34. The van der Waals surface area contributed by atoms with Gasteiger partial charge in [-0.05, 0) is 38.0 Å². The second-order valence-corrected chi connectivity index (χ2v) is 4.73. The van der Waals surface area contributed by atoms with E-state index < -0.39 is 0 Å². The van der Waals surface area contributed by atoms with E-state index in [-0.39, 0.29) is 17.7 Å². The van der Waals surface area contributed by atoms with Crippen molar-refractivity contribution in [1.82, 2.24) is 5.32 Å². The summed E-state index contributed by atoms with van der Waals surface area (Å²) in [4.78, 5) is 11.8. The number of aliphatic hydroxyl groups excluding tert-OH is 1. The van der Waals surface area contributed by atoms with Gasteiger partial charge in [0.2, 0.25) is 0 Å². The molecular weight excluding hydrogens is 238 g/mol. The topological polar surface area (TPSA) is 49.3 Å². The minimum Gasteiger partial charge on any atom is -0.509 e. The third kappa shape index (κ3) is 1.80. The summed E-state index contributed by atoms with van der Waals surface area (Å²) < 4.78 is 0. The van der Waals surface area contributed by atoms with Crippen molar-refractivity contribution < 1.29 is 9.90 Å². The third-order valence-electron chi connectivity index (χ3n) is 3.18. The molecule has 3 nitrogen and oxygen atoms in total. The third-order valence-corrected chi connectivity index (χ3v) is 3.49. The summed E-state index contributed by atoms with van der Waals surface area (Å²) >= 11 is 6.13. The quantitative estimate of drug-likeness (QED) is 0.806. The monoisotopic (exact) mass is 251 g/mol. The first-order valence-electron chi connectivity index (χ1n) is 5.43. The maximum atomic E-state index is 11.8. The van der Waals surface area contributed by atoms with Crippen LogP contribution >= 0.6 is 11.6 Å². The van der Waals surface area contributed by atoms with Gasteiger partial charge in [-0.15, -0.1) is 0 Å². The number of benzene rings is 1. The molecule has 0 bridgehead atoms. The molecular formula is C13H14ClNO2. The summed E-state index contributed by atoms with van der Waals surface area (Å²) in [7, 11) is 0. The van der Waals surface area contributed by atoms with Crippen LogP contribution in [0.25, 0.3) is 5.57 Å². The molecule has 0 aromatic heterocycles. The molecule has 0 spiro atoms. The molecule has 4 heteroatoms. The number of aliphatic hydroxyl groups is 1. The Hall–Kier alpha value is -1.48. The molecule has 0 fully saturated rings. The van der Waals surface area contributed by atoms with Gasteiger partial charge >= 0.3 is 0 Å². The Morgan fingerprint density at radius 1 is 1.35 bits per heavy atom. The van der Waals surface area contributed by atoms with Crippen molar-refractivity contribution in [2.24, 2.45) is 0 Å². The molecule has 1 aromatic carbocycles. The molecule has 2 rings (SSSR count). The fourth-order valence-electron chi connectivity index (χ4n) is 2.00. The van der Waals surface area contributed by atoms with E-state index in [1.54, 1.807) is 13.0 Å². The molecule has 1 aromatic rings. The molecule has 17 heavy (non-hydrogen) atoms. The summed E-state index contributed by atoms with van der Waals surface area (Å²) in [5.74, 6) is -0.212. The zero-order chi connectivity index (χ0) is 12.7. The number of amides is 1. The number of aryl methyl sites for hydroxylation is 1. The lowest BCUT2D eigenvalue weighted by Gasteiger charge is -2.11. The number of hydrogen-bond donors (Lipinski definition) is 2. The first-order chi connectivity index (χ1) is 7.93. The minimum absolute atomic E-state index is 0.0607. The molecule has 1 unspecified atom stereocenters. The van der Waals surface area contributed by atoms with Crippen molar-refractivity contribution in [3.8, 4) is 0 Å². The molecule has 0 radical (unpaired) electrons. The van der Waals surface area contributed by atoms with Crippen LogP contribution in [-0.2, 0) is 4.79 Å². The Bertz CT molecular complexity index is 534. The highest BCUT2D eigenvalue weighted by molar-refractivity contribution is 6.35. The lowest BCUT2D eigenvalue weighted by atomic mass is 9.96. The smallest absolute Gasteiger partial charge is 0.256 e. The number of hydrogen-bond acceptors (Lipinski definition) is 2. The predicted molar refractivity (Wildman–Crippen MR) is 68.1 cm³/mol. The first kappa shape index (κ1) is 12.0. The van der Waals surface area contributed by atoms with Gasteiger partial charge in [-0.25, -0.2) is 0 Å². The second-order valence-electron chi connectivity index (χ2n) is 4.32. The molecule has 0 aliphatic carbocycles. The van der Waals surface area contributed by atoms with Crippen LogP contribution in [0.15, 0.2) is 17.9 Å². The fraction of sp³-hybridized carbons (Fsp3) is 0.308. The van der Waals surface area contributed by atoms with Crippen molar-refractivity contribution in [2.45, 2.75) is 26.8 Å². The molecule has 0 saturated carbocycles. The van der Waals surface area contributed by atoms with Crippen LogP contribution in [0.1, 0.15) is 23.6 Å². The van der Waals surface area contributed by atoms with Crippen LogP contribution in [0.4, 0.5) is 0 Å². The summed E-state index contributed by atoms with van der Waals surface area (Å²) in [6, 6.07) is 3.29. The average molecular weight is 252 g/mol. The van der Waals surface area contributed by atoms with Crippen molar-refractivity contribution >= 4 is 23.1 Å². The van der Waals surface area contributed by atoms with E-state index in [0.29, 0.717) is 16.2 Å². The van der Waals surface area contributed by atoms with Gasteiger partial charge in [0.15, 0.2) is 0 Å². The van der Waals surface area contributed by atoms with E-state index in [1.807, 2.05) is 19.9 Å². The molecule has 1 atom stereocenters. The summed E-state index contributed by atoms with van der Waals surface area (Å²) in [6.45, 7) is 5.58. The van der Waals surface area contributed by atoms with Crippen LogP contribution in [0.2, 0.25) is 5.02 Å². The van der Waals surface area contributed by atoms with Gasteiger partial charge in [0.1, 0.15) is 5.76 Å². The van der Waals surface area contributed by atoms with Crippen molar-refractivity contribution in [3.63, 3.8) is 0 Å². The molecule has 1 aliphatic rings. The SMILES string of the molecule is Cc1ccc(Cl)c(C2=C(O)C(C)NC2=O)c1C. The van der Waals surface area contributed by atoms with Gasteiger partial charge in [0.05, 0.1) is 11.6 Å². The van der Waals surface area contributed by atoms with Crippen LogP contribution in [0.5, 0.6) is 0 Å². The van der Waals surface area contributed by atoms with E-state index in [4.69, 9.17) is 11.6 Å². The Labute approximate surface area is 105 Å². The van der Waals surface area contributed by atoms with E-state index in [0.717, 1.165) is 11.1 Å². The number of carbonyl (C=O) groups is 1. The zero-order valence-electron chi connectivity index (χ0n) is 9.97. The summed E-state index contributed by atoms with van der Waals surface area (Å²) in [5.41, 5.74) is 2.88. The molecule has 1 amide bonds. The molecule has 1 heterocycles. The fourth-order valence-corrected chi connectivity index (χ4v) is 2.30. The number of rotatable bonds is 1. The summed E-state index contributed by atoms with van der Waals surface area (Å²) in [5, 5.41) is 13.1. The Balaban J connectivity index is 2.70. The van der Waals surface area contributed by atoms with Crippen LogP contribution in [0.3, 0.4) is 0 Å². The lowest BCUT2D eigenvalue weighted by Crippen LogP contribution is -2.25. The second kappa shape index (κ2) is 4.08. The van der Waals surface area contributed by atoms with E-state index in [9.17, 15) is 9.90 Å². The molecule has 1 aliphatic heterocycles. The summed E-state index contributed by atoms with van der Waals surface area (Å²) in [6.07, 6.45) is 0. The predicted octanol–water partition coefficient (Wildman–Crippen LogP) is 2.74. The van der Waals surface area contributed by atoms with Crippen molar-refractivity contribution in [3.05, 3.63) is 39.6 Å². The maximum Gasteiger partial charge on any atom is 0.256 e. The zero-order valence-corrected chi connectivity index (χ0v) is 10.7. The van der Waals surface area contributed by atoms with Gasteiger partial charge in [-0.3, -0.25) is 4.79 Å². The average Bonchev–Trinajstić information content (AvgIpc) is 2.51. The van der Waals surface area contributed by atoms with Gasteiger partial charge in [0.25, 0.3) is 5.91 Å². The number of nitrogens with one attached hydrogen (secondary N) is 1. The van der Waals surface area contributed by atoms with Gasteiger partial charge in [0, 0.05) is 10.6 Å². The first-order valence-corrected chi connectivity index (χ1v) is 5.81. The largest absolute Gasteiger partial charge is 0.509 e. The van der Waals surface area contributed by atoms with Gasteiger partial charge in [-0.2, -0.15) is 0 Å². The number of carbonyl (C=O) groups excluding carboxylic acids is 1. The molecule has 90 valence electrons. The normalized spacial score (nSPS) is 19.8. The standard InChI is InChI=1S/C13H14ClNO2/c1-6-4-5-9(14)10(7(6)2)11-12(16)8(3)15-13(11)17/h4-5,8,16H,1-3H3,(H,15,17). The highest BCUT2D eigenvalue weighted by atomic mass is 35.5. The minimum atomic E-state index is -0.353. The van der Waals surface area contributed by atoms with E-state index >= 15 is 0 Å². The Kier molecular flexibility index (Phi) is 2.87. The van der Waals surface area contributed by atoms with Crippen LogP contribution < -0.4 is 5.32 Å². The van der Waals surface area contributed by atoms with Crippen LogP contribution in [0, 0.1) is 13.8 Å². The maximum absolute atomic E-state index is 11.8. The van der Waals surface area contributed by atoms with Crippen molar-refractivity contribution in [1.29, 1.82) is 0 Å². The van der Waals surface area contributed by atoms with E-state index in [2.05, 4.69) is 5.32 Å². The molecule has 0 saturated heterocycles. The van der Waals surface area contributed by atoms with Crippen LogP contribution in [-0.4, -0.2) is 17.1 Å². The highest BCUT2D eigenvalue weighted by Gasteiger charge is 2.31. The van der Waals surface area contributed by atoms with E-state index in [1.165, 1.54) is 0 Å². The molecule has 2 N–H and O–H groups in total. The lowest BCUT2D eigenvalue weighted by molar-refractivity contribution is -0.115. The number of halogens is 1. The van der Waals surface area contributed by atoms with Crippen molar-refractivity contribution in [2.75, 3.05) is 0 Å². The Morgan fingerprint density at radius 3 is 2.53 bits per heavy atom. The van der Waals surface area contributed by atoms with Gasteiger partial charge in [-0.1, -0.05) is 17.7 Å². The Morgan fingerprint density at radius 2 is 2.00 bits per heavy atom. The van der Waals surface area contributed by atoms with Gasteiger partial charge < -0.3 is 10.4 Å².